The number of phenolic OH excluding ortho intramolecular Hbond substituents is 1. The lowest BCUT2D eigenvalue weighted by Crippen LogP contribution is -2.43. The van der Waals surface area contributed by atoms with Crippen LogP contribution in [-0.2, 0) is 6.42 Å². The number of anilines is 1. The van der Waals surface area contributed by atoms with Crippen LogP contribution < -0.4 is 10.2 Å². The fourth-order valence-electron chi connectivity index (χ4n) is 2.97. The first-order valence-corrected chi connectivity index (χ1v) is 7.87. The molecule has 1 saturated heterocycles. The van der Waals surface area contributed by atoms with Crippen LogP contribution in [0.25, 0.3) is 5.65 Å². The number of nitrogens with zero attached hydrogens (tertiary/aromatic N) is 4. The molecular formula is C17H19N5O. The Balaban J connectivity index is 1.60. The number of hydrogen-bond acceptors (Lipinski definition) is 5. The van der Waals surface area contributed by atoms with Gasteiger partial charge in [-0.15, -0.1) is 10.2 Å². The zero-order valence-corrected chi connectivity index (χ0v) is 12.8. The second kappa shape index (κ2) is 5.89. The number of fused-ring (bicyclic) bond motifs is 1. The summed E-state index contributed by atoms with van der Waals surface area (Å²) in [7, 11) is 0. The molecule has 0 atom stereocenters. The van der Waals surface area contributed by atoms with Crippen molar-refractivity contribution in [1.29, 1.82) is 0 Å². The quantitative estimate of drug-likeness (QED) is 0.766. The van der Waals surface area contributed by atoms with E-state index in [0.29, 0.717) is 6.42 Å². The van der Waals surface area contributed by atoms with Crippen molar-refractivity contribution in [2.75, 3.05) is 31.1 Å². The Morgan fingerprint density at radius 1 is 1.04 bits per heavy atom. The first kappa shape index (κ1) is 14.0. The molecule has 3 aromatic rings. The molecule has 6 heteroatoms. The molecule has 0 amide bonds. The van der Waals surface area contributed by atoms with Crippen molar-refractivity contribution >= 4 is 11.3 Å². The highest BCUT2D eigenvalue weighted by atomic mass is 16.3. The van der Waals surface area contributed by atoms with Crippen LogP contribution in [0.3, 0.4) is 0 Å². The van der Waals surface area contributed by atoms with Crippen LogP contribution in [0.5, 0.6) is 5.75 Å². The van der Waals surface area contributed by atoms with Gasteiger partial charge in [0.1, 0.15) is 11.6 Å². The molecule has 1 aliphatic heterocycles. The van der Waals surface area contributed by atoms with Gasteiger partial charge in [0.05, 0.1) is 0 Å². The summed E-state index contributed by atoms with van der Waals surface area (Å²) in [5.74, 6) is 1.18. The van der Waals surface area contributed by atoms with Crippen LogP contribution in [0.15, 0.2) is 42.6 Å². The molecule has 0 spiro atoms. The van der Waals surface area contributed by atoms with E-state index in [-0.39, 0.29) is 5.75 Å². The molecule has 0 unspecified atom stereocenters. The monoisotopic (exact) mass is 309 g/mol. The third kappa shape index (κ3) is 2.85. The predicted molar refractivity (Wildman–Crippen MR) is 89.0 cm³/mol. The lowest BCUT2D eigenvalue weighted by atomic mass is 10.1. The van der Waals surface area contributed by atoms with E-state index in [0.717, 1.165) is 43.2 Å². The fraction of sp³-hybridized carbons (Fsp3) is 0.294. The number of phenols is 1. The summed E-state index contributed by atoms with van der Waals surface area (Å²) < 4.78 is 2.03. The van der Waals surface area contributed by atoms with Crippen LogP contribution in [-0.4, -0.2) is 45.9 Å². The first-order chi connectivity index (χ1) is 11.3. The van der Waals surface area contributed by atoms with Gasteiger partial charge in [0.2, 0.25) is 0 Å². The standard InChI is InChI=1S/C17H19N5O/c23-15-3-1-13(2-4-15)11-16-19-20-17-12-14(5-8-22(16)17)21-9-6-18-7-10-21/h1-5,8,12,18,23H,6-7,9-11H2. The number of piperazine rings is 1. The van der Waals surface area contributed by atoms with Crippen molar-refractivity contribution in [2.24, 2.45) is 0 Å². The molecule has 1 aromatic carbocycles. The second-order valence-electron chi connectivity index (χ2n) is 5.81. The number of aromatic nitrogens is 3. The van der Waals surface area contributed by atoms with Crippen molar-refractivity contribution in [3.05, 3.63) is 54.0 Å². The third-order valence-corrected chi connectivity index (χ3v) is 4.24. The Kier molecular flexibility index (Phi) is 3.59. The van der Waals surface area contributed by atoms with Gasteiger partial charge in [0.25, 0.3) is 0 Å². The van der Waals surface area contributed by atoms with Gasteiger partial charge in [0.15, 0.2) is 5.65 Å². The lowest BCUT2D eigenvalue weighted by molar-refractivity contribution is 0.475. The van der Waals surface area contributed by atoms with Crippen LogP contribution in [0.1, 0.15) is 11.4 Å². The molecule has 1 fully saturated rings. The highest BCUT2D eigenvalue weighted by Crippen LogP contribution is 2.19. The summed E-state index contributed by atoms with van der Waals surface area (Å²) in [5, 5.41) is 21.4. The maximum Gasteiger partial charge on any atom is 0.162 e. The van der Waals surface area contributed by atoms with E-state index in [1.54, 1.807) is 12.1 Å². The van der Waals surface area contributed by atoms with Crippen molar-refractivity contribution < 1.29 is 5.11 Å². The average Bonchev–Trinajstić information content (AvgIpc) is 3.00. The van der Waals surface area contributed by atoms with Crippen molar-refractivity contribution in [1.82, 2.24) is 19.9 Å². The zero-order chi connectivity index (χ0) is 15.6. The maximum absolute atomic E-state index is 9.37. The fourth-order valence-corrected chi connectivity index (χ4v) is 2.97. The number of aromatic hydroxyl groups is 1. The summed E-state index contributed by atoms with van der Waals surface area (Å²) in [6.45, 7) is 4.07. The number of rotatable bonds is 3. The van der Waals surface area contributed by atoms with Crippen LogP contribution in [0.4, 0.5) is 5.69 Å². The molecule has 4 rings (SSSR count). The molecule has 0 bridgehead atoms. The molecule has 118 valence electrons. The summed E-state index contributed by atoms with van der Waals surface area (Å²) in [4.78, 5) is 2.37. The van der Waals surface area contributed by atoms with E-state index in [9.17, 15) is 5.11 Å². The highest BCUT2D eigenvalue weighted by Gasteiger charge is 2.13. The number of nitrogens with one attached hydrogen (secondary N) is 1. The van der Waals surface area contributed by atoms with E-state index in [1.165, 1.54) is 5.69 Å². The van der Waals surface area contributed by atoms with Crippen LogP contribution >= 0.6 is 0 Å². The summed E-state index contributed by atoms with van der Waals surface area (Å²) in [6, 6.07) is 11.4. The third-order valence-electron chi connectivity index (χ3n) is 4.24. The van der Waals surface area contributed by atoms with Gasteiger partial charge in [-0.05, 0) is 23.8 Å². The number of hydrogen-bond donors (Lipinski definition) is 2. The van der Waals surface area contributed by atoms with Gasteiger partial charge in [-0.1, -0.05) is 12.1 Å². The maximum atomic E-state index is 9.37. The van der Waals surface area contributed by atoms with E-state index >= 15 is 0 Å². The molecule has 0 saturated carbocycles. The van der Waals surface area contributed by atoms with Gasteiger partial charge in [-0.3, -0.25) is 4.40 Å². The topological polar surface area (TPSA) is 65.7 Å². The van der Waals surface area contributed by atoms with Crippen LogP contribution in [0.2, 0.25) is 0 Å². The largest absolute Gasteiger partial charge is 0.508 e. The molecule has 1 aliphatic rings. The predicted octanol–water partition coefficient (Wildman–Crippen LogP) is 1.44. The molecule has 3 heterocycles. The van der Waals surface area contributed by atoms with E-state index in [2.05, 4.69) is 32.5 Å². The van der Waals surface area contributed by atoms with E-state index in [4.69, 9.17) is 0 Å². The minimum Gasteiger partial charge on any atom is -0.508 e. The van der Waals surface area contributed by atoms with Crippen molar-refractivity contribution in [3.8, 4) is 5.75 Å². The summed E-state index contributed by atoms with van der Waals surface area (Å²) in [6.07, 6.45) is 2.73. The second-order valence-corrected chi connectivity index (χ2v) is 5.81. The smallest absolute Gasteiger partial charge is 0.162 e. The van der Waals surface area contributed by atoms with Crippen molar-refractivity contribution in [3.63, 3.8) is 0 Å². The number of benzene rings is 1. The summed E-state index contributed by atoms with van der Waals surface area (Å²) >= 11 is 0. The number of pyridine rings is 1. The summed E-state index contributed by atoms with van der Waals surface area (Å²) in [5.41, 5.74) is 3.17. The molecule has 2 N–H and O–H groups in total. The first-order valence-electron chi connectivity index (χ1n) is 7.87. The average molecular weight is 309 g/mol. The Morgan fingerprint density at radius 2 is 1.83 bits per heavy atom. The normalized spacial score (nSPS) is 15.2. The Morgan fingerprint density at radius 3 is 2.61 bits per heavy atom. The van der Waals surface area contributed by atoms with E-state index in [1.807, 2.05) is 22.7 Å². The zero-order valence-electron chi connectivity index (χ0n) is 12.8. The Labute approximate surface area is 134 Å². The van der Waals surface area contributed by atoms with Crippen LogP contribution in [0, 0.1) is 0 Å². The van der Waals surface area contributed by atoms with Gasteiger partial charge >= 0.3 is 0 Å². The Bertz CT molecular complexity index is 805. The van der Waals surface area contributed by atoms with Gasteiger partial charge in [-0.25, -0.2) is 0 Å². The molecular weight excluding hydrogens is 290 g/mol. The Hall–Kier alpha value is -2.60. The lowest BCUT2D eigenvalue weighted by Gasteiger charge is -2.29. The SMILES string of the molecule is Oc1ccc(Cc2nnc3cc(N4CCNCC4)ccn23)cc1. The highest BCUT2D eigenvalue weighted by molar-refractivity contribution is 5.56. The van der Waals surface area contributed by atoms with Gasteiger partial charge in [0, 0.05) is 50.6 Å². The minimum atomic E-state index is 0.278. The molecule has 0 aliphatic carbocycles. The molecule has 0 radical (unpaired) electrons. The molecule has 23 heavy (non-hydrogen) atoms. The van der Waals surface area contributed by atoms with E-state index < -0.39 is 0 Å². The molecule has 6 nitrogen and oxygen atoms in total. The van der Waals surface area contributed by atoms with Gasteiger partial charge < -0.3 is 15.3 Å². The van der Waals surface area contributed by atoms with Crippen molar-refractivity contribution in [2.45, 2.75) is 6.42 Å². The minimum absolute atomic E-state index is 0.278. The molecule has 2 aromatic heterocycles. The van der Waals surface area contributed by atoms with Gasteiger partial charge in [-0.2, -0.15) is 0 Å².